The second kappa shape index (κ2) is 8.03. The highest BCUT2D eigenvalue weighted by Crippen LogP contribution is 2.59. The van der Waals surface area contributed by atoms with Gasteiger partial charge in [-0.2, -0.15) is 0 Å². The average molecular weight is 415 g/mol. The van der Waals surface area contributed by atoms with Gasteiger partial charge in [0, 0.05) is 20.2 Å². The Morgan fingerprint density at radius 1 is 1.34 bits per heavy atom. The van der Waals surface area contributed by atoms with Crippen molar-refractivity contribution in [3.8, 4) is 0 Å². The quantitative estimate of drug-likeness (QED) is 0.501. The van der Waals surface area contributed by atoms with Crippen LogP contribution in [-0.4, -0.2) is 42.7 Å². The fourth-order valence-corrected chi connectivity index (χ4v) is 5.92. The topological polar surface area (TPSA) is 76.1 Å². The number of rotatable bonds is 8. The van der Waals surface area contributed by atoms with Crippen molar-refractivity contribution in [2.75, 3.05) is 32.1 Å². The molecule has 5 rings (SSSR count). The van der Waals surface area contributed by atoms with Crippen LogP contribution in [0.2, 0.25) is 0 Å². The second-order valence-electron chi connectivity index (χ2n) is 8.71. The molecule has 0 aromatic carbocycles. The minimum atomic E-state index is -0.0181. The third-order valence-corrected chi connectivity index (χ3v) is 8.01. The Kier molecular flexibility index (Phi) is 5.62. The van der Waals surface area contributed by atoms with Crippen LogP contribution < -0.4 is 10.6 Å². The van der Waals surface area contributed by atoms with Gasteiger partial charge in [-0.25, -0.2) is 9.97 Å². The van der Waals surface area contributed by atoms with Crippen molar-refractivity contribution in [1.29, 1.82) is 0 Å². The van der Waals surface area contributed by atoms with Gasteiger partial charge >= 0.3 is 0 Å². The Bertz CT molecular complexity index is 950. The molecule has 156 valence electrons. The Morgan fingerprint density at radius 2 is 2.17 bits per heavy atom. The Balaban J connectivity index is 1.42. The van der Waals surface area contributed by atoms with Crippen LogP contribution >= 0.6 is 11.3 Å². The molecule has 29 heavy (non-hydrogen) atoms. The first-order chi connectivity index (χ1) is 13.9. The number of fused-ring (bicyclic) bond motifs is 2. The molecule has 0 spiro atoms. The van der Waals surface area contributed by atoms with Crippen LogP contribution in [0.25, 0.3) is 10.2 Å². The van der Waals surface area contributed by atoms with E-state index < -0.39 is 0 Å². The maximum absolute atomic E-state index is 12.9. The lowest BCUT2D eigenvalue weighted by Gasteiger charge is -2.56. The summed E-state index contributed by atoms with van der Waals surface area (Å²) in [7, 11) is 1.67. The van der Waals surface area contributed by atoms with E-state index in [1.165, 1.54) is 36.1 Å². The molecular formula is C22H30N4O2S. The summed E-state index contributed by atoms with van der Waals surface area (Å²) in [5.41, 5.74) is 2.89. The van der Waals surface area contributed by atoms with Gasteiger partial charge in [0.25, 0.3) is 5.91 Å². The lowest BCUT2D eigenvalue weighted by molar-refractivity contribution is -0.00811. The van der Waals surface area contributed by atoms with Crippen LogP contribution in [-0.2, 0) is 4.74 Å². The summed E-state index contributed by atoms with van der Waals surface area (Å²) >= 11 is 1.43. The normalized spacial score (nSPS) is 22.1. The van der Waals surface area contributed by atoms with Crippen LogP contribution in [0.5, 0.6) is 0 Å². The molecule has 0 unspecified atom stereocenters. The smallest absolute Gasteiger partial charge is 0.261 e. The number of ether oxygens (including phenoxy) is 1. The van der Waals surface area contributed by atoms with E-state index in [4.69, 9.17) is 4.74 Å². The second-order valence-corrected chi connectivity index (χ2v) is 9.70. The highest BCUT2D eigenvalue weighted by atomic mass is 32.1. The predicted molar refractivity (Wildman–Crippen MR) is 118 cm³/mol. The predicted octanol–water partition coefficient (Wildman–Crippen LogP) is 4.17. The van der Waals surface area contributed by atoms with Gasteiger partial charge in [0.05, 0.1) is 16.9 Å². The van der Waals surface area contributed by atoms with E-state index in [2.05, 4.69) is 40.5 Å². The number of hydrogen-bond donors (Lipinski definition) is 2. The summed E-state index contributed by atoms with van der Waals surface area (Å²) in [6.45, 7) is 8.68. The van der Waals surface area contributed by atoms with E-state index >= 15 is 0 Å². The maximum atomic E-state index is 12.9. The minimum Gasteiger partial charge on any atom is -0.383 e. The van der Waals surface area contributed by atoms with Crippen LogP contribution in [0, 0.1) is 24.2 Å². The van der Waals surface area contributed by atoms with Gasteiger partial charge in [-0.1, -0.05) is 25.5 Å². The highest BCUT2D eigenvalue weighted by molar-refractivity contribution is 7.20. The Hall–Kier alpha value is -1.99. The molecule has 2 aromatic heterocycles. The zero-order valence-corrected chi connectivity index (χ0v) is 18.5. The molecule has 1 saturated carbocycles. The molecular weight excluding hydrogens is 384 g/mol. The molecule has 1 fully saturated rings. The zero-order chi connectivity index (χ0) is 20.6. The van der Waals surface area contributed by atoms with Gasteiger partial charge in [0.15, 0.2) is 0 Å². The number of methoxy groups -OCH3 is 1. The molecule has 0 radical (unpaired) electrons. The molecule has 6 nitrogen and oxygen atoms in total. The van der Waals surface area contributed by atoms with E-state index in [-0.39, 0.29) is 5.91 Å². The monoisotopic (exact) mass is 414 g/mol. The zero-order valence-electron chi connectivity index (χ0n) is 17.7. The first-order valence-corrected chi connectivity index (χ1v) is 11.2. The number of aromatic nitrogens is 2. The third kappa shape index (κ3) is 3.66. The molecule has 0 saturated heterocycles. The van der Waals surface area contributed by atoms with Crippen LogP contribution in [0.4, 0.5) is 5.82 Å². The number of nitrogens with one attached hydrogen (secondary N) is 2. The molecule has 3 aliphatic carbocycles. The molecule has 7 heteroatoms. The van der Waals surface area contributed by atoms with Gasteiger partial charge in [-0.05, 0) is 49.0 Å². The van der Waals surface area contributed by atoms with Gasteiger partial charge in [-0.15, -0.1) is 11.3 Å². The molecule has 2 heterocycles. The van der Waals surface area contributed by atoms with Crippen molar-refractivity contribution in [3.63, 3.8) is 0 Å². The summed E-state index contributed by atoms with van der Waals surface area (Å²) in [5, 5.41) is 7.33. The van der Waals surface area contributed by atoms with Crippen LogP contribution in [0.1, 0.15) is 48.3 Å². The van der Waals surface area contributed by atoms with Crippen molar-refractivity contribution >= 4 is 33.3 Å². The lowest BCUT2D eigenvalue weighted by atomic mass is 9.48. The number of amides is 1. The first-order valence-electron chi connectivity index (χ1n) is 10.4. The summed E-state index contributed by atoms with van der Waals surface area (Å²) in [6, 6.07) is 0. The van der Waals surface area contributed by atoms with E-state index in [0.29, 0.717) is 31.0 Å². The maximum Gasteiger partial charge on any atom is 0.261 e. The Morgan fingerprint density at radius 3 is 2.90 bits per heavy atom. The van der Waals surface area contributed by atoms with Gasteiger partial charge in [-0.3, -0.25) is 4.79 Å². The van der Waals surface area contributed by atoms with Gasteiger partial charge in [0.2, 0.25) is 0 Å². The fraction of sp³-hybridized carbons (Fsp3) is 0.591. The summed E-state index contributed by atoms with van der Waals surface area (Å²) in [5.74, 6) is 2.28. The molecule has 2 bridgehead atoms. The largest absolute Gasteiger partial charge is 0.383 e. The number of carbonyl (C=O) groups is 1. The fourth-order valence-electron chi connectivity index (χ4n) is 4.85. The van der Waals surface area contributed by atoms with Gasteiger partial charge in [0.1, 0.15) is 17.0 Å². The summed E-state index contributed by atoms with van der Waals surface area (Å²) < 4.78 is 5.09. The lowest BCUT2D eigenvalue weighted by Crippen LogP contribution is -2.48. The highest BCUT2D eigenvalue weighted by Gasteiger charge is 2.50. The van der Waals surface area contributed by atoms with E-state index in [0.717, 1.165) is 38.8 Å². The summed E-state index contributed by atoms with van der Waals surface area (Å²) in [4.78, 5) is 23.1. The molecule has 2 aromatic rings. The van der Waals surface area contributed by atoms with Crippen LogP contribution in [0.3, 0.4) is 0 Å². The SMILES string of the molecule is COCCNc1ncnc2sc(C(=O)NCCC3=CC[C@H]4C[C@@H]3C4(C)C)c(C)c12. The van der Waals surface area contributed by atoms with Crippen molar-refractivity contribution in [3.05, 3.63) is 28.4 Å². The number of nitrogens with zero attached hydrogens (tertiary/aromatic N) is 2. The van der Waals surface area contributed by atoms with Gasteiger partial charge < -0.3 is 15.4 Å². The molecule has 0 aliphatic heterocycles. The van der Waals surface area contributed by atoms with Crippen molar-refractivity contribution < 1.29 is 9.53 Å². The van der Waals surface area contributed by atoms with Crippen molar-refractivity contribution in [1.82, 2.24) is 15.3 Å². The minimum absolute atomic E-state index is 0.0181. The van der Waals surface area contributed by atoms with Crippen molar-refractivity contribution in [2.45, 2.75) is 40.0 Å². The van der Waals surface area contributed by atoms with E-state index in [1.807, 2.05) is 6.92 Å². The number of anilines is 1. The third-order valence-electron chi connectivity index (χ3n) is 6.81. The number of hydrogen-bond acceptors (Lipinski definition) is 6. The summed E-state index contributed by atoms with van der Waals surface area (Å²) in [6.07, 6.45) is 7.41. The molecule has 3 aliphatic rings. The van der Waals surface area contributed by atoms with E-state index in [1.54, 1.807) is 7.11 Å². The molecule has 1 amide bonds. The number of aryl methyl sites for hydroxylation is 1. The number of carbonyl (C=O) groups excluding carboxylic acids is 1. The molecule has 2 N–H and O–H groups in total. The standard InChI is InChI=1S/C22H30N4O2S/c1-13-17-19(23-9-10-28-4)25-12-26-21(17)29-18(13)20(27)24-8-7-14-5-6-15-11-16(14)22(15,2)3/h5,12,15-16H,6-11H2,1-4H3,(H,24,27)(H,23,25,26)/t15-,16-/m0/s1. The van der Waals surface area contributed by atoms with E-state index in [9.17, 15) is 4.79 Å². The molecule has 2 atom stereocenters. The number of allylic oxidation sites excluding steroid dienone is 1. The Labute approximate surface area is 176 Å². The number of thiophene rings is 1. The average Bonchev–Trinajstić information content (AvgIpc) is 3.05. The van der Waals surface area contributed by atoms with Crippen LogP contribution in [0.15, 0.2) is 18.0 Å². The first kappa shape index (κ1) is 20.3. The van der Waals surface area contributed by atoms with Crippen molar-refractivity contribution in [2.24, 2.45) is 17.3 Å².